The number of hydrogen-bond donors (Lipinski definition) is 3. The summed E-state index contributed by atoms with van der Waals surface area (Å²) >= 11 is 0. The first-order chi connectivity index (χ1) is 12.0. The Balaban J connectivity index is 1.67. The molecule has 4 rings (SSSR count). The predicted molar refractivity (Wildman–Crippen MR) is 95.9 cm³/mol. The fourth-order valence-electron chi connectivity index (χ4n) is 3.33. The molecule has 0 fully saturated rings. The van der Waals surface area contributed by atoms with Gasteiger partial charge >= 0.3 is 0 Å². The van der Waals surface area contributed by atoms with E-state index in [1.54, 1.807) is 24.6 Å². The van der Waals surface area contributed by atoms with Crippen LogP contribution in [-0.4, -0.2) is 27.2 Å². The SMILES string of the molecule is Cc1cc2cc(NC(=O)c3n[nH]c4c3CNCC4)ccc2n(C)c1=O. The van der Waals surface area contributed by atoms with Crippen molar-refractivity contribution in [3.8, 4) is 0 Å². The van der Waals surface area contributed by atoms with Crippen LogP contribution in [0.3, 0.4) is 0 Å². The maximum Gasteiger partial charge on any atom is 0.276 e. The molecule has 0 saturated heterocycles. The van der Waals surface area contributed by atoms with Gasteiger partial charge in [0.05, 0.1) is 5.52 Å². The van der Waals surface area contributed by atoms with E-state index in [0.29, 0.717) is 23.5 Å². The average Bonchev–Trinajstić information content (AvgIpc) is 3.04. The number of nitrogens with one attached hydrogen (secondary N) is 3. The number of carbonyl (C=O) groups is 1. The Bertz CT molecular complexity index is 1050. The summed E-state index contributed by atoms with van der Waals surface area (Å²) in [5.41, 5.74) is 4.55. The van der Waals surface area contributed by atoms with E-state index in [9.17, 15) is 9.59 Å². The molecule has 0 spiro atoms. The summed E-state index contributed by atoms with van der Waals surface area (Å²) < 4.78 is 1.62. The van der Waals surface area contributed by atoms with Crippen LogP contribution in [0.5, 0.6) is 0 Å². The van der Waals surface area contributed by atoms with Crippen molar-refractivity contribution >= 4 is 22.5 Å². The first kappa shape index (κ1) is 15.6. The number of fused-ring (bicyclic) bond motifs is 2. The molecule has 128 valence electrons. The van der Waals surface area contributed by atoms with Gasteiger partial charge in [-0.3, -0.25) is 14.7 Å². The van der Waals surface area contributed by atoms with Gasteiger partial charge in [0, 0.05) is 54.5 Å². The Hall–Kier alpha value is -2.93. The van der Waals surface area contributed by atoms with E-state index in [1.165, 1.54) is 0 Å². The molecule has 3 N–H and O–H groups in total. The summed E-state index contributed by atoms with van der Waals surface area (Å²) in [6.07, 6.45) is 0.846. The van der Waals surface area contributed by atoms with Gasteiger partial charge in [-0.2, -0.15) is 5.10 Å². The Morgan fingerprint density at radius 3 is 3.00 bits per heavy atom. The lowest BCUT2D eigenvalue weighted by molar-refractivity contribution is 0.102. The second-order valence-corrected chi connectivity index (χ2v) is 6.38. The number of nitrogens with zero attached hydrogens (tertiary/aromatic N) is 2. The van der Waals surface area contributed by atoms with Gasteiger partial charge in [-0.25, -0.2) is 0 Å². The van der Waals surface area contributed by atoms with Gasteiger partial charge in [0.15, 0.2) is 5.69 Å². The van der Waals surface area contributed by atoms with Crippen molar-refractivity contribution in [3.63, 3.8) is 0 Å². The summed E-state index contributed by atoms with van der Waals surface area (Å²) in [5, 5.41) is 14.2. The fourth-order valence-corrected chi connectivity index (χ4v) is 3.33. The molecule has 1 aliphatic rings. The van der Waals surface area contributed by atoms with E-state index in [4.69, 9.17) is 0 Å². The zero-order chi connectivity index (χ0) is 17.6. The summed E-state index contributed by atoms with van der Waals surface area (Å²) in [7, 11) is 1.75. The fraction of sp³-hybridized carbons (Fsp3) is 0.278. The van der Waals surface area contributed by atoms with Crippen molar-refractivity contribution in [2.75, 3.05) is 11.9 Å². The number of aromatic nitrogens is 3. The second-order valence-electron chi connectivity index (χ2n) is 6.38. The van der Waals surface area contributed by atoms with Crippen molar-refractivity contribution < 1.29 is 4.79 Å². The van der Waals surface area contributed by atoms with Crippen LogP contribution in [0.15, 0.2) is 29.1 Å². The standard InChI is InChI=1S/C18H19N5O2/c1-10-7-11-8-12(3-4-15(11)23(2)18(10)25)20-17(24)16-13-9-19-6-5-14(13)21-22-16/h3-4,7-8,19H,5-6,9H2,1-2H3,(H,20,24)(H,21,22). The predicted octanol–water partition coefficient (Wildman–Crippen LogP) is 1.47. The number of aromatic amines is 1. The number of pyridine rings is 1. The number of H-pyrrole nitrogens is 1. The highest BCUT2D eigenvalue weighted by atomic mass is 16.2. The molecule has 0 unspecified atom stereocenters. The number of hydrogen-bond acceptors (Lipinski definition) is 4. The van der Waals surface area contributed by atoms with E-state index >= 15 is 0 Å². The number of carbonyl (C=O) groups excluding carboxylic acids is 1. The van der Waals surface area contributed by atoms with E-state index < -0.39 is 0 Å². The smallest absolute Gasteiger partial charge is 0.276 e. The molecule has 0 bridgehead atoms. The largest absolute Gasteiger partial charge is 0.321 e. The van der Waals surface area contributed by atoms with Gasteiger partial charge in [-0.15, -0.1) is 0 Å². The molecule has 3 heterocycles. The van der Waals surface area contributed by atoms with Gasteiger partial charge < -0.3 is 15.2 Å². The second kappa shape index (κ2) is 5.86. The third-order valence-electron chi connectivity index (χ3n) is 4.68. The van der Waals surface area contributed by atoms with Crippen molar-refractivity contribution in [3.05, 3.63) is 57.1 Å². The zero-order valence-corrected chi connectivity index (χ0v) is 14.1. The van der Waals surface area contributed by atoms with Crippen LogP contribution in [0.2, 0.25) is 0 Å². The van der Waals surface area contributed by atoms with E-state index in [0.717, 1.165) is 35.1 Å². The lowest BCUT2D eigenvalue weighted by Crippen LogP contribution is -2.25. The first-order valence-electron chi connectivity index (χ1n) is 8.23. The van der Waals surface area contributed by atoms with Crippen LogP contribution in [0.4, 0.5) is 5.69 Å². The molecule has 0 aliphatic carbocycles. The van der Waals surface area contributed by atoms with Crippen LogP contribution < -0.4 is 16.2 Å². The lowest BCUT2D eigenvalue weighted by atomic mass is 10.1. The lowest BCUT2D eigenvalue weighted by Gasteiger charge is -2.13. The first-order valence-corrected chi connectivity index (χ1v) is 8.23. The maximum absolute atomic E-state index is 12.6. The summed E-state index contributed by atoms with van der Waals surface area (Å²) in [4.78, 5) is 24.6. The summed E-state index contributed by atoms with van der Waals surface area (Å²) in [5.74, 6) is -0.234. The van der Waals surface area contributed by atoms with E-state index in [-0.39, 0.29) is 11.5 Å². The minimum Gasteiger partial charge on any atom is -0.321 e. The quantitative estimate of drug-likeness (QED) is 0.660. The Kier molecular flexibility index (Phi) is 3.65. The molecule has 0 atom stereocenters. The highest BCUT2D eigenvalue weighted by Crippen LogP contribution is 2.21. The van der Waals surface area contributed by atoms with Crippen molar-refractivity contribution in [1.82, 2.24) is 20.1 Å². The van der Waals surface area contributed by atoms with Gasteiger partial charge in [-0.1, -0.05) is 0 Å². The van der Waals surface area contributed by atoms with E-state index in [2.05, 4.69) is 20.8 Å². The molecule has 2 aromatic heterocycles. The molecule has 0 saturated carbocycles. The zero-order valence-electron chi connectivity index (χ0n) is 14.1. The minimum absolute atomic E-state index is 0.0139. The Labute approximate surface area is 144 Å². The third kappa shape index (κ3) is 2.62. The molecule has 25 heavy (non-hydrogen) atoms. The summed E-state index contributed by atoms with van der Waals surface area (Å²) in [6.45, 7) is 3.32. The maximum atomic E-state index is 12.6. The molecule has 1 amide bonds. The molecular formula is C18H19N5O2. The number of aryl methyl sites for hydroxylation is 2. The highest BCUT2D eigenvalue weighted by molar-refractivity contribution is 6.05. The third-order valence-corrected chi connectivity index (χ3v) is 4.68. The highest BCUT2D eigenvalue weighted by Gasteiger charge is 2.21. The average molecular weight is 337 g/mol. The van der Waals surface area contributed by atoms with Crippen molar-refractivity contribution in [1.29, 1.82) is 0 Å². The molecule has 3 aromatic rings. The number of amides is 1. The Morgan fingerprint density at radius 2 is 2.16 bits per heavy atom. The van der Waals surface area contributed by atoms with Crippen molar-refractivity contribution in [2.24, 2.45) is 7.05 Å². The molecular weight excluding hydrogens is 318 g/mol. The van der Waals surface area contributed by atoms with Crippen molar-refractivity contribution in [2.45, 2.75) is 19.9 Å². The molecule has 7 nitrogen and oxygen atoms in total. The molecule has 0 radical (unpaired) electrons. The van der Waals surface area contributed by atoms with E-state index in [1.807, 2.05) is 18.2 Å². The number of anilines is 1. The van der Waals surface area contributed by atoms with Crippen LogP contribution in [0, 0.1) is 6.92 Å². The van der Waals surface area contributed by atoms with Gasteiger partial charge in [0.25, 0.3) is 11.5 Å². The van der Waals surface area contributed by atoms with Gasteiger partial charge in [0.1, 0.15) is 0 Å². The molecule has 7 heteroatoms. The van der Waals surface area contributed by atoms with Gasteiger partial charge in [0.2, 0.25) is 0 Å². The van der Waals surface area contributed by atoms with Crippen LogP contribution in [-0.2, 0) is 20.0 Å². The summed E-state index contributed by atoms with van der Waals surface area (Å²) in [6, 6.07) is 7.35. The minimum atomic E-state index is -0.234. The normalized spacial score (nSPS) is 13.7. The molecule has 1 aromatic carbocycles. The van der Waals surface area contributed by atoms with Crippen LogP contribution in [0.1, 0.15) is 27.3 Å². The molecule has 1 aliphatic heterocycles. The van der Waals surface area contributed by atoms with Crippen LogP contribution >= 0.6 is 0 Å². The number of benzene rings is 1. The Morgan fingerprint density at radius 1 is 1.32 bits per heavy atom. The monoisotopic (exact) mass is 337 g/mol. The van der Waals surface area contributed by atoms with Gasteiger partial charge in [-0.05, 0) is 31.2 Å². The van der Waals surface area contributed by atoms with Crippen LogP contribution in [0.25, 0.3) is 10.9 Å². The topological polar surface area (TPSA) is 91.8 Å². The number of rotatable bonds is 2.